The van der Waals surface area contributed by atoms with Gasteiger partial charge in [-0.3, -0.25) is 0 Å². The van der Waals surface area contributed by atoms with Crippen LogP contribution >= 0.6 is 7.26 Å². The predicted molar refractivity (Wildman–Crippen MR) is 91.0 cm³/mol. The molecule has 0 aromatic carbocycles. The van der Waals surface area contributed by atoms with Crippen molar-refractivity contribution < 1.29 is 5.48 Å². The van der Waals surface area contributed by atoms with Crippen LogP contribution in [-0.2, 0) is 0 Å². The Morgan fingerprint density at radius 3 is 0.889 bits per heavy atom. The molecule has 2 heteroatoms. The van der Waals surface area contributed by atoms with Crippen LogP contribution in [0, 0.1) is 0 Å². The largest absolute Gasteiger partial charge is 0.412 e. The summed E-state index contributed by atoms with van der Waals surface area (Å²) < 4.78 is 0. The fourth-order valence-corrected chi connectivity index (χ4v) is 8.87. The van der Waals surface area contributed by atoms with E-state index in [1.54, 1.807) is 24.6 Å². The molecule has 0 bridgehead atoms. The number of unbranched alkanes of at least 4 members (excludes halogenated alkanes) is 4. The van der Waals surface area contributed by atoms with E-state index in [1.165, 1.54) is 51.4 Å². The quantitative estimate of drug-likeness (QED) is 0.444. The fourth-order valence-electron chi connectivity index (χ4n) is 2.96. The van der Waals surface area contributed by atoms with Crippen LogP contribution in [0.2, 0.25) is 0 Å². The van der Waals surface area contributed by atoms with Crippen LogP contribution in [0.1, 0.15) is 79.1 Å². The first-order valence-corrected chi connectivity index (χ1v) is 11.1. The summed E-state index contributed by atoms with van der Waals surface area (Å²) in [5.74, 6) is 0. The molecule has 0 rings (SSSR count). The van der Waals surface area contributed by atoms with Crippen LogP contribution in [0.15, 0.2) is 0 Å². The van der Waals surface area contributed by atoms with Gasteiger partial charge in [0.1, 0.15) is 0 Å². The molecule has 0 radical (unpaired) electrons. The zero-order valence-electron chi connectivity index (χ0n) is 13.5. The summed E-state index contributed by atoms with van der Waals surface area (Å²) in [5, 5.41) is 0. The summed E-state index contributed by atoms with van der Waals surface area (Å²) in [6.45, 7) is 9.44. The Morgan fingerprint density at radius 2 is 0.722 bits per heavy atom. The van der Waals surface area contributed by atoms with Crippen LogP contribution in [-0.4, -0.2) is 30.1 Å². The molecule has 0 saturated carbocycles. The molecule has 0 aliphatic heterocycles. The van der Waals surface area contributed by atoms with Crippen molar-refractivity contribution in [2.24, 2.45) is 0 Å². The van der Waals surface area contributed by atoms with E-state index in [9.17, 15) is 0 Å². The zero-order chi connectivity index (χ0) is 13.0. The van der Waals surface area contributed by atoms with E-state index in [2.05, 4.69) is 27.7 Å². The maximum Gasteiger partial charge on any atom is -0.412 e. The fraction of sp³-hybridized carbons (Fsp3) is 1.00. The molecule has 0 heterocycles. The molecule has 114 valence electrons. The predicted octanol–water partition coefficient (Wildman–Crippen LogP) is 5.11. The molecular formula is C16H39OP. The van der Waals surface area contributed by atoms with Crippen molar-refractivity contribution >= 4 is 7.26 Å². The Kier molecular flexibility index (Phi) is 15.9. The summed E-state index contributed by atoms with van der Waals surface area (Å²) in [6, 6.07) is 0. The van der Waals surface area contributed by atoms with E-state index in [1.807, 2.05) is 0 Å². The zero-order valence-corrected chi connectivity index (χ0v) is 14.5. The van der Waals surface area contributed by atoms with Crippen molar-refractivity contribution in [2.45, 2.75) is 79.1 Å². The van der Waals surface area contributed by atoms with E-state index in [4.69, 9.17) is 0 Å². The number of hydrogen-bond acceptors (Lipinski definition) is 0. The first-order chi connectivity index (χ1) is 8.24. The molecule has 0 atom stereocenters. The van der Waals surface area contributed by atoms with Gasteiger partial charge in [-0.15, -0.1) is 0 Å². The van der Waals surface area contributed by atoms with Gasteiger partial charge in [0.2, 0.25) is 0 Å². The Balaban J connectivity index is 0. The van der Waals surface area contributed by atoms with Gasteiger partial charge in [-0.05, 0) is 0 Å². The molecule has 0 aliphatic carbocycles. The third kappa shape index (κ3) is 9.34. The standard InChI is InChI=1S/C16H37P.H2O/c1-5-9-13-17(14-10-6-2,15-11-7-3)16-12-8-4;/h17H,5-16H2,1-4H3;1H2. The van der Waals surface area contributed by atoms with Crippen LogP contribution < -0.4 is 0 Å². The summed E-state index contributed by atoms with van der Waals surface area (Å²) in [6.07, 6.45) is 18.1. The first-order valence-electron chi connectivity index (χ1n) is 8.24. The average molecular weight is 278 g/mol. The second-order valence-electron chi connectivity index (χ2n) is 5.91. The molecule has 0 fully saturated rings. The molecular weight excluding hydrogens is 239 g/mol. The van der Waals surface area contributed by atoms with Gasteiger partial charge in [0, 0.05) is 0 Å². The molecule has 0 amide bonds. The van der Waals surface area contributed by atoms with Gasteiger partial charge in [-0.1, -0.05) is 0 Å². The summed E-state index contributed by atoms with van der Waals surface area (Å²) >= 11 is 0. The molecule has 0 saturated heterocycles. The minimum Gasteiger partial charge on any atom is -0.412 e. The van der Waals surface area contributed by atoms with Crippen LogP contribution in [0.25, 0.3) is 0 Å². The molecule has 0 aliphatic rings. The van der Waals surface area contributed by atoms with E-state index in [0.717, 1.165) is 0 Å². The molecule has 0 unspecified atom stereocenters. The molecule has 1 nitrogen and oxygen atoms in total. The molecule has 2 N–H and O–H groups in total. The normalized spacial score (nSPS) is 12.2. The van der Waals surface area contributed by atoms with Crippen molar-refractivity contribution in [2.75, 3.05) is 24.6 Å². The maximum absolute atomic E-state index is 2.36. The van der Waals surface area contributed by atoms with Crippen molar-refractivity contribution in [3.8, 4) is 0 Å². The van der Waals surface area contributed by atoms with Gasteiger partial charge in [-0.2, -0.15) is 0 Å². The van der Waals surface area contributed by atoms with Gasteiger partial charge < -0.3 is 5.48 Å². The Labute approximate surface area is 117 Å². The average Bonchev–Trinajstić information content (AvgIpc) is 2.37. The van der Waals surface area contributed by atoms with Crippen molar-refractivity contribution in [3.05, 3.63) is 0 Å². The van der Waals surface area contributed by atoms with Crippen LogP contribution in [0.3, 0.4) is 0 Å². The molecule has 18 heavy (non-hydrogen) atoms. The Hall–Kier alpha value is 0.390. The van der Waals surface area contributed by atoms with Crippen molar-refractivity contribution in [1.29, 1.82) is 0 Å². The molecule has 0 aromatic rings. The molecule has 0 aromatic heterocycles. The smallest absolute Gasteiger partial charge is 0.412 e. The van der Waals surface area contributed by atoms with Crippen molar-refractivity contribution in [1.82, 2.24) is 0 Å². The van der Waals surface area contributed by atoms with Crippen LogP contribution in [0.5, 0.6) is 0 Å². The van der Waals surface area contributed by atoms with Crippen LogP contribution in [0.4, 0.5) is 0 Å². The summed E-state index contributed by atoms with van der Waals surface area (Å²) in [4.78, 5) is 0. The minimum atomic E-state index is -0.879. The Bertz CT molecular complexity index is 122. The van der Waals surface area contributed by atoms with Gasteiger partial charge in [0.05, 0.1) is 0 Å². The summed E-state index contributed by atoms with van der Waals surface area (Å²) in [7, 11) is -0.879. The van der Waals surface area contributed by atoms with Crippen molar-refractivity contribution in [3.63, 3.8) is 0 Å². The maximum atomic E-state index is 2.36. The number of hydrogen-bond donors (Lipinski definition) is 0. The van der Waals surface area contributed by atoms with E-state index < -0.39 is 7.26 Å². The first kappa shape index (κ1) is 20.7. The molecule has 0 spiro atoms. The monoisotopic (exact) mass is 278 g/mol. The van der Waals surface area contributed by atoms with Gasteiger partial charge in [-0.25, -0.2) is 0 Å². The van der Waals surface area contributed by atoms with Gasteiger partial charge in [0.25, 0.3) is 0 Å². The third-order valence-corrected chi connectivity index (χ3v) is 9.90. The van der Waals surface area contributed by atoms with E-state index in [0.29, 0.717) is 0 Å². The summed E-state index contributed by atoms with van der Waals surface area (Å²) in [5.41, 5.74) is 0. The van der Waals surface area contributed by atoms with Gasteiger partial charge >= 0.3 is 111 Å². The topological polar surface area (TPSA) is 31.5 Å². The second kappa shape index (κ2) is 13.8. The van der Waals surface area contributed by atoms with Gasteiger partial charge in [0.15, 0.2) is 0 Å². The second-order valence-corrected chi connectivity index (χ2v) is 10.9. The van der Waals surface area contributed by atoms with E-state index >= 15 is 0 Å². The Morgan fingerprint density at radius 1 is 0.500 bits per heavy atom. The SMILES string of the molecule is CCCC[PH](CCCC)(CCCC)CCCC.O. The number of rotatable bonds is 12. The van der Waals surface area contributed by atoms with E-state index in [-0.39, 0.29) is 5.48 Å². The third-order valence-electron chi connectivity index (χ3n) is 4.24. The minimum absolute atomic E-state index is 0.